The van der Waals surface area contributed by atoms with Crippen LogP contribution in [0.4, 0.5) is 0 Å². The zero-order valence-electron chi connectivity index (χ0n) is 14.0. The van der Waals surface area contributed by atoms with Crippen molar-refractivity contribution in [3.8, 4) is 21.8 Å². The van der Waals surface area contributed by atoms with Crippen LogP contribution in [0.1, 0.15) is 0 Å². The summed E-state index contributed by atoms with van der Waals surface area (Å²) < 4.78 is 4.29. The largest absolute Gasteiger partial charge is 0.350 e. The van der Waals surface area contributed by atoms with Gasteiger partial charge in [0.1, 0.15) is 5.01 Å². The molecule has 0 spiro atoms. The van der Waals surface area contributed by atoms with Crippen LogP contribution in [0, 0.1) is 0 Å². The molecule has 4 heterocycles. The van der Waals surface area contributed by atoms with Gasteiger partial charge in [0.05, 0.1) is 11.2 Å². The van der Waals surface area contributed by atoms with E-state index in [4.69, 9.17) is 4.98 Å². The van der Waals surface area contributed by atoms with E-state index in [1.54, 1.807) is 11.3 Å². The first-order valence-electron chi connectivity index (χ1n) is 8.12. The smallest absolute Gasteiger partial charge is 0.126 e. The van der Waals surface area contributed by atoms with Crippen molar-refractivity contribution in [1.29, 1.82) is 0 Å². The van der Waals surface area contributed by atoms with Gasteiger partial charge in [-0.25, -0.2) is 4.98 Å². The van der Waals surface area contributed by atoms with E-state index in [0.29, 0.717) is 0 Å². The lowest BCUT2D eigenvalue weighted by atomic mass is 10.1. The van der Waals surface area contributed by atoms with E-state index in [0.717, 1.165) is 21.7 Å². The number of para-hydroxylation sites is 1. The summed E-state index contributed by atoms with van der Waals surface area (Å²) in [5.41, 5.74) is 5.72. The highest BCUT2D eigenvalue weighted by atomic mass is 32.1. The average molecular weight is 344 g/mol. The van der Waals surface area contributed by atoms with Crippen LogP contribution in [-0.2, 0) is 14.1 Å². The number of thiazole rings is 1. The highest BCUT2D eigenvalue weighted by molar-refractivity contribution is 7.13. The summed E-state index contributed by atoms with van der Waals surface area (Å²) in [6.07, 6.45) is 8.04. The highest BCUT2D eigenvalue weighted by Crippen LogP contribution is 2.36. The zero-order valence-corrected chi connectivity index (χ0v) is 14.8. The molecule has 122 valence electrons. The molecule has 0 amide bonds. The third-order valence-electron chi connectivity index (χ3n) is 4.70. The van der Waals surface area contributed by atoms with Gasteiger partial charge in [0, 0.05) is 71.7 Å². The first kappa shape index (κ1) is 14.4. The Kier molecular flexibility index (Phi) is 3.05. The molecule has 25 heavy (non-hydrogen) atoms. The standard InChI is InChI=1S/C20H16N4S/c1-23-10-15(14-9-21-8-7-19(14)23)17-12-25-20(22-17)16-11-24(2)18-6-4-3-5-13(16)18/h3-12H,1-2H3. The Morgan fingerprint density at radius 1 is 0.880 bits per heavy atom. The van der Waals surface area contributed by atoms with Crippen molar-refractivity contribution in [3.63, 3.8) is 0 Å². The van der Waals surface area contributed by atoms with Crippen LogP contribution in [0.15, 0.2) is 60.5 Å². The Labute approximate surface area is 149 Å². The first-order chi connectivity index (χ1) is 12.2. The number of benzene rings is 1. The van der Waals surface area contributed by atoms with Crippen LogP contribution in [0.5, 0.6) is 0 Å². The molecule has 0 bridgehead atoms. The summed E-state index contributed by atoms with van der Waals surface area (Å²) in [5, 5.41) is 5.57. The van der Waals surface area contributed by atoms with Gasteiger partial charge in [0.2, 0.25) is 0 Å². The second kappa shape index (κ2) is 5.29. The Balaban J connectivity index is 1.68. The molecular weight excluding hydrogens is 328 g/mol. The van der Waals surface area contributed by atoms with Crippen molar-refractivity contribution in [2.75, 3.05) is 0 Å². The summed E-state index contributed by atoms with van der Waals surface area (Å²) in [4.78, 5) is 9.22. The normalized spacial score (nSPS) is 11.6. The molecule has 0 N–H and O–H groups in total. The Morgan fingerprint density at radius 2 is 1.64 bits per heavy atom. The summed E-state index contributed by atoms with van der Waals surface area (Å²) >= 11 is 1.69. The molecule has 0 aliphatic heterocycles. The van der Waals surface area contributed by atoms with E-state index in [9.17, 15) is 0 Å². The molecule has 5 heteroatoms. The van der Waals surface area contributed by atoms with E-state index in [2.05, 4.69) is 70.3 Å². The van der Waals surface area contributed by atoms with Crippen molar-refractivity contribution in [1.82, 2.24) is 19.1 Å². The topological polar surface area (TPSA) is 35.6 Å². The van der Waals surface area contributed by atoms with E-state index < -0.39 is 0 Å². The summed E-state index contributed by atoms with van der Waals surface area (Å²) in [6, 6.07) is 10.5. The predicted octanol–water partition coefficient (Wildman–Crippen LogP) is 4.86. The van der Waals surface area contributed by atoms with Crippen molar-refractivity contribution < 1.29 is 0 Å². The molecule has 0 atom stereocenters. The minimum absolute atomic E-state index is 1.01. The van der Waals surface area contributed by atoms with Gasteiger partial charge < -0.3 is 9.13 Å². The number of pyridine rings is 1. The first-order valence-corrected chi connectivity index (χ1v) is 9.00. The summed E-state index contributed by atoms with van der Waals surface area (Å²) in [7, 11) is 4.14. The maximum atomic E-state index is 4.94. The van der Waals surface area contributed by atoms with E-state index in [1.807, 2.05) is 18.5 Å². The Bertz CT molecular complexity index is 1130. The highest BCUT2D eigenvalue weighted by Gasteiger charge is 2.15. The van der Waals surface area contributed by atoms with Gasteiger partial charge >= 0.3 is 0 Å². The molecule has 0 aliphatic rings. The molecule has 5 aromatic rings. The predicted molar refractivity (Wildman–Crippen MR) is 104 cm³/mol. The molecule has 0 saturated carbocycles. The molecule has 1 aromatic carbocycles. The summed E-state index contributed by atoms with van der Waals surface area (Å²) in [5.74, 6) is 0. The van der Waals surface area contributed by atoms with Gasteiger partial charge in [0.25, 0.3) is 0 Å². The number of fused-ring (bicyclic) bond motifs is 2. The van der Waals surface area contributed by atoms with E-state index in [1.165, 1.54) is 22.0 Å². The monoisotopic (exact) mass is 344 g/mol. The van der Waals surface area contributed by atoms with Crippen LogP contribution in [0.25, 0.3) is 43.6 Å². The lowest BCUT2D eigenvalue weighted by molar-refractivity contribution is 0.968. The fraction of sp³-hybridized carbons (Fsp3) is 0.100. The molecule has 0 radical (unpaired) electrons. The number of aryl methyl sites for hydroxylation is 2. The second-order valence-electron chi connectivity index (χ2n) is 6.26. The van der Waals surface area contributed by atoms with Crippen LogP contribution >= 0.6 is 11.3 Å². The van der Waals surface area contributed by atoms with Gasteiger partial charge in [-0.05, 0) is 12.1 Å². The maximum Gasteiger partial charge on any atom is 0.126 e. The molecule has 4 nitrogen and oxygen atoms in total. The van der Waals surface area contributed by atoms with Crippen LogP contribution in [-0.4, -0.2) is 19.1 Å². The fourth-order valence-corrected chi connectivity index (χ4v) is 4.32. The minimum Gasteiger partial charge on any atom is -0.350 e. The van der Waals surface area contributed by atoms with E-state index in [-0.39, 0.29) is 0 Å². The zero-order chi connectivity index (χ0) is 17.0. The van der Waals surface area contributed by atoms with Gasteiger partial charge in [-0.2, -0.15) is 0 Å². The third kappa shape index (κ3) is 2.13. The van der Waals surface area contributed by atoms with Crippen molar-refractivity contribution in [3.05, 3.63) is 60.5 Å². The van der Waals surface area contributed by atoms with Crippen molar-refractivity contribution in [2.24, 2.45) is 14.1 Å². The van der Waals surface area contributed by atoms with Gasteiger partial charge in [0.15, 0.2) is 0 Å². The minimum atomic E-state index is 1.01. The number of rotatable bonds is 2. The number of hydrogen-bond acceptors (Lipinski definition) is 3. The number of hydrogen-bond donors (Lipinski definition) is 0. The van der Waals surface area contributed by atoms with Gasteiger partial charge in [-0.1, -0.05) is 18.2 Å². The molecule has 0 fully saturated rings. The average Bonchev–Trinajstić information content (AvgIpc) is 3.33. The second-order valence-corrected chi connectivity index (χ2v) is 7.11. The summed E-state index contributed by atoms with van der Waals surface area (Å²) in [6.45, 7) is 0. The van der Waals surface area contributed by atoms with Crippen molar-refractivity contribution >= 4 is 33.1 Å². The molecule has 5 rings (SSSR count). The lowest BCUT2D eigenvalue weighted by Crippen LogP contribution is -1.82. The quantitative estimate of drug-likeness (QED) is 0.459. The lowest BCUT2D eigenvalue weighted by Gasteiger charge is -1.95. The molecular formula is C20H16N4S. The maximum absolute atomic E-state index is 4.94. The number of nitrogens with zero attached hydrogens (tertiary/aromatic N) is 4. The third-order valence-corrected chi connectivity index (χ3v) is 5.57. The SMILES string of the molecule is Cn1cc(-c2csc(-c3cn(C)c4ccccc34)n2)c2cnccc21. The molecule has 4 aromatic heterocycles. The molecule has 0 unspecified atom stereocenters. The van der Waals surface area contributed by atoms with Crippen LogP contribution in [0.2, 0.25) is 0 Å². The molecule has 0 saturated heterocycles. The van der Waals surface area contributed by atoms with Gasteiger partial charge in [-0.3, -0.25) is 4.98 Å². The van der Waals surface area contributed by atoms with E-state index >= 15 is 0 Å². The number of aromatic nitrogens is 4. The van der Waals surface area contributed by atoms with Crippen molar-refractivity contribution in [2.45, 2.75) is 0 Å². The molecule has 0 aliphatic carbocycles. The van der Waals surface area contributed by atoms with Gasteiger partial charge in [-0.15, -0.1) is 11.3 Å². The van der Waals surface area contributed by atoms with Crippen LogP contribution in [0.3, 0.4) is 0 Å². The van der Waals surface area contributed by atoms with Crippen LogP contribution < -0.4 is 0 Å². The fourth-order valence-electron chi connectivity index (χ4n) is 3.47. The Hall–Kier alpha value is -2.92. The Morgan fingerprint density at radius 3 is 2.52 bits per heavy atom.